The van der Waals surface area contributed by atoms with E-state index in [9.17, 15) is 4.79 Å². The Balaban J connectivity index is 2.45. The van der Waals surface area contributed by atoms with Crippen LogP contribution in [0.15, 0.2) is 35.9 Å². The van der Waals surface area contributed by atoms with E-state index in [1.165, 1.54) is 18.8 Å². The van der Waals surface area contributed by atoms with Crippen LogP contribution in [0.4, 0.5) is 0 Å². The lowest BCUT2D eigenvalue weighted by molar-refractivity contribution is -0.134. The zero-order chi connectivity index (χ0) is 17.0. The molecule has 0 bridgehead atoms. The fourth-order valence-electron chi connectivity index (χ4n) is 2.37. The number of esters is 1. The highest BCUT2D eigenvalue weighted by Crippen LogP contribution is 2.36. The summed E-state index contributed by atoms with van der Waals surface area (Å²) >= 11 is 0. The lowest BCUT2D eigenvalue weighted by atomic mass is 9.95. The number of carbonyl (C=O) groups excluding carboxylic acids is 1. The first-order valence-corrected chi connectivity index (χ1v) is 7.75. The summed E-state index contributed by atoms with van der Waals surface area (Å²) in [6, 6.07) is 4.08. The maximum atomic E-state index is 11.3. The van der Waals surface area contributed by atoms with Crippen molar-refractivity contribution in [2.75, 3.05) is 7.11 Å². The number of carbonyl (C=O) groups is 1. The summed E-state index contributed by atoms with van der Waals surface area (Å²) in [5.41, 5.74) is 4.06. The topological polar surface area (TPSA) is 35.5 Å². The van der Waals surface area contributed by atoms with Gasteiger partial charge in [0.15, 0.2) is 0 Å². The van der Waals surface area contributed by atoms with Crippen LogP contribution in [0.2, 0.25) is 0 Å². The predicted octanol–water partition coefficient (Wildman–Crippen LogP) is 4.57. The van der Waals surface area contributed by atoms with Crippen molar-refractivity contribution in [1.29, 1.82) is 0 Å². The van der Waals surface area contributed by atoms with Crippen molar-refractivity contribution < 1.29 is 14.3 Å². The molecule has 1 heterocycles. The van der Waals surface area contributed by atoms with Crippen LogP contribution in [-0.2, 0) is 16.0 Å². The van der Waals surface area contributed by atoms with Crippen molar-refractivity contribution in [3.05, 3.63) is 52.6 Å². The summed E-state index contributed by atoms with van der Waals surface area (Å²) < 4.78 is 10.8. The molecule has 1 aromatic carbocycles. The molecule has 0 N–H and O–H groups in total. The van der Waals surface area contributed by atoms with Gasteiger partial charge in [0.1, 0.15) is 11.4 Å². The molecule has 0 radical (unpaired) electrons. The molecule has 1 aliphatic heterocycles. The van der Waals surface area contributed by atoms with Gasteiger partial charge in [-0.2, -0.15) is 0 Å². The van der Waals surface area contributed by atoms with Crippen LogP contribution in [0, 0.1) is 0 Å². The minimum atomic E-state index is -0.360. The number of benzene rings is 1. The van der Waals surface area contributed by atoms with Crippen molar-refractivity contribution in [3.8, 4) is 5.75 Å². The van der Waals surface area contributed by atoms with Crippen LogP contribution in [0.1, 0.15) is 44.4 Å². The first-order valence-electron chi connectivity index (χ1n) is 7.75. The fraction of sp³-hybridized carbons (Fsp3) is 0.350. The van der Waals surface area contributed by atoms with Crippen LogP contribution >= 0.6 is 0 Å². The van der Waals surface area contributed by atoms with E-state index in [2.05, 4.69) is 36.8 Å². The second kappa shape index (κ2) is 6.86. The molecule has 0 saturated heterocycles. The lowest BCUT2D eigenvalue weighted by Gasteiger charge is -2.29. The van der Waals surface area contributed by atoms with Gasteiger partial charge in [-0.3, -0.25) is 0 Å². The maximum absolute atomic E-state index is 11.3. The highest BCUT2D eigenvalue weighted by atomic mass is 16.5. The minimum Gasteiger partial charge on any atom is -0.483 e. The fourth-order valence-corrected chi connectivity index (χ4v) is 2.37. The van der Waals surface area contributed by atoms with Gasteiger partial charge in [0.05, 0.1) is 7.11 Å². The van der Waals surface area contributed by atoms with E-state index in [1.54, 1.807) is 6.08 Å². The second-order valence-corrected chi connectivity index (χ2v) is 6.48. The average molecular weight is 312 g/mol. The minimum absolute atomic E-state index is 0.309. The van der Waals surface area contributed by atoms with Crippen LogP contribution in [0.3, 0.4) is 0 Å². The highest BCUT2D eigenvalue weighted by Gasteiger charge is 2.23. The largest absolute Gasteiger partial charge is 0.483 e. The second-order valence-electron chi connectivity index (χ2n) is 6.48. The molecule has 0 aliphatic carbocycles. The average Bonchev–Trinajstić information content (AvgIpc) is 2.49. The number of ether oxygens (including phenoxy) is 2. The Morgan fingerprint density at radius 1 is 1.30 bits per heavy atom. The summed E-state index contributed by atoms with van der Waals surface area (Å²) in [7, 11) is 1.37. The van der Waals surface area contributed by atoms with Crippen molar-refractivity contribution >= 4 is 18.1 Å². The van der Waals surface area contributed by atoms with Gasteiger partial charge in [-0.15, -0.1) is 0 Å². The molecule has 3 nitrogen and oxygen atoms in total. The number of fused-ring (bicyclic) bond motifs is 1. The van der Waals surface area contributed by atoms with Crippen molar-refractivity contribution in [3.63, 3.8) is 0 Å². The molecular formula is C20H24O3. The van der Waals surface area contributed by atoms with E-state index in [1.807, 2.05) is 26.0 Å². The van der Waals surface area contributed by atoms with Gasteiger partial charge >= 0.3 is 5.97 Å². The Bertz CT molecular complexity index is 687. The van der Waals surface area contributed by atoms with Crippen LogP contribution < -0.4 is 4.74 Å². The molecule has 0 atom stereocenters. The van der Waals surface area contributed by atoms with Gasteiger partial charge in [-0.1, -0.05) is 17.7 Å². The molecule has 0 aromatic heterocycles. The summed E-state index contributed by atoms with van der Waals surface area (Å²) in [5.74, 6) is 0.562. The molecule has 122 valence electrons. The molecule has 1 aromatic rings. The Morgan fingerprint density at radius 2 is 2.04 bits per heavy atom. The first kappa shape index (κ1) is 17.1. The van der Waals surface area contributed by atoms with E-state index in [4.69, 9.17) is 4.74 Å². The van der Waals surface area contributed by atoms with Crippen LogP contribution in [-0.4, -0.2) is 18.7 Å². The van der Waals surface area contributed by atoms with Gasteiger partial charge < -0.3 is 9.47 Å². The Kier molecular flexibility index (Phi) is 5.09. The molecule has 0 spiro atoms. The zero-order valence-corrected chi connectivity index (χ0v) is 14.5. The molecule has 0 amide bonds. The van der Waals surface area contributed by atoms with Crippen molar-refractivity contribution in [1.82, 2.24) is 0 Å². The predicted molar refractivity (Wildman–Crippen MR) is 94.4 cm³/mol. The first-order chi connectivity index (χ1) is 10.8. The molecule has 0 saturated carbocycles. The highest BCUT2D eigenvalue weighted by molar-refractivity contribution is 5.87. The Morgan fingerprint density at radius 3 is 2.70 bits per heavy atom. The van der Waals surface area contributed by atoms with Crippen LogP contribution in [0.5, 0.6) is 5.75 Å². The number of hydrogen-bond acceptors (Lipinski definition) is 3. The zero-order valence-electron chi connectivity index (χ0n) is 14.5. The maximum Gasteiger partial charge on any atom is 0.330 e. The molecule has 1 aliphatic rings. The Hall–Kier alpha value is -2.29. The lowest BCUT2D eigenvalue weighted by Crippen LogP contribution is -2.28. The summed E-state index contributed by atoms with van der Waals surface area (Å²) in [4.78, 5) is 11.3. The van der Waals surface area contributed by atoms with Crippen LogP contribution in [0.25, 0.3) is 12.2 Å². The molecule has 0 unspecified atom stereocenters. The summed E-state index contributed by atoms with van der Waals surface area (Å²) in [6.45, 7) is 8.25. The number of rotatable bonds is 4. The van der Waals surface area contributed by atoms with Gasteiger partial charge in [-0.05, 0) is 69.5 Å². The number of hydrogen-bond donors (Lipinski definition) is 0. The monoisotopic (exact) mass is 312 g/mol. The van der Waals surface area contributed by atoms with Crippen molar-refractivity contribution in [2.24, 2.45) is 0 Å². The summed E-state index contributed by atoms with van der Waals surface area (Å²) in [6.07, 6.45) is 10.3. The van der Waals surface area contributed by atoms with E-state index < -0.39 is 0 Å². The van der Waals surface area contributed by atoms with E-state index in [-0.39, 0.29) is 11.6 Å². The number of allylic oxidation sites excluding steroid dienone is 2. The van der Waals surface area contributed by atoms with Gasteiger partial charge in [-0.25, -0.2) is 4.79 Å². The SMILES string of the molecule is COC(=O)C=Cc1cc2c(c(CC=C(C)C)c1)OC(C)(C)C=C2. The van der Waals surface area contributed by atoms with Gasteiger partial charge in [0.2, 0.25) is 0 Å². The summed E-state index contributed by atoms with van der Waals surface area (Å²) in [5, 5.41) is 0. The van der Waals surface area contributed by atoms with Gasteiger partial charge in [0, 0.05) is 11.6 Å². The van der Waals surface area contributed by atoms with E-state index >= 15 is 0 Å². The standard InChI is InChI=1S/C20H24O3/c1-14(2)6-8-16-12-15(7-9-18(21)22-5)13-17-10-11-20(3,4)23-19(16)17/h6-7,9-13H,8H2,1-5H3. The third-order valence-corrected chi connectivity index (χ3v) is 3.59. The van der Waals surface area contributed by atoms with Gasteiger partial charge in [0.25, 0.3) is 0 Å². The molecule has 3 heteroatoms. The molecule has 23 heavy (non-hydrogen) atoms. The third kappa shape index (κ3) is 4.59. The third-order valence-electron chi connectivity index (χ3n) is 3.59. The van der Waals surface area contributed by atoms with Crippen molar-refractivity contribution in [2.45, 2.75) is 39.7 Å². The van der Waals surface area contributed by atoms with E-state index in [0.717, 1.165) is 28.9 Å². The number of methoxy groups -OCH3 is 1. The normalized spacial score (nSPS) is 15.0. The molecular weight excluding hydrogens is 288 g/mol. The molecule has 0 fully saturated rings. The molecule has 2 rings (SSSR count). The quantitative estimate of drug-likeness (QED) is 0.464. The smallest absolute Gasteiger partial charge is 0.330 e. The van der Waals surface area contributed by atoms with E-state index in [0.29, 0.717) is 0 Å². The Labute approximate surface area is 138 Å².